The zero-order chi connectivity index (χ0) is 15.3. The lowest BCUT2D eigenvalue weighted by Gasteiger charge is -2.22. The topological polar surface area (TPSA) is 41.5 Å². The lowest BCUT2D eigenvalue weighted by molar-refractivity contribution is -0.0507. The standard InChI is InChI=1S/C15H23F2NO2/c1-9(2)13(19)8-18-11(4)12-7-10(3)5-6-14(12)20-15(16)17/h5-7,9,11,13,15,18-19H,8H2,1-4H3. The van der Waals surface area contributed by atoms with Gasteiger partial charge in [-0.15, -0.1) is 0 Å². The highest BCUT2D eigenvalue weighted by Gasteiger charge is 2.17. The molecule has 1 rings (SSSR count). The van der Waals surface area contributed by atoms with Crippen LogP contribution in [0.4, 0.5) is 8.78 Å². The van der Waals surface area contributed by atoms with E-state index in [9.17, 15) is 13.9 Å². The fourth-order valence-electron chi connectivity index (χ4n) is 1.85. The maximum absolute atomic E-state index is 12.4. The van der Waals surface area contributed by atoms with Crippen molar-refractivity contribution >= 4 is 0 Å². The average molecular weight is 287 g/mol. The van der Waals surface area contributed by atoms with Crippen molar-refractivity contribution in [3.8, 4) is 5.75 Å². The van der Waals surface area contributed by atoms with Crippen molar-refractivity contribution < 1.29 is 18.6 Å². The van der Waals surface area contributed by atoms with E-state index in [4.69, 9.17) is 0 Å². The van der Waals surface area contributed by atoms with Crippen molar-refractivity contribution in [2.45, 2.75) is 46.5 Å². The number of halogens is 2. The van der Waals surface area contributed by atoms with Gasteiger partial charge in [0.25, 0.3) is 0 Å². The molecule has 2 atom stereocenters. The summed E-state index contributed by atoms with van der Waals surface area (Å²) in [6.45, 7) is 5.17. The van der Waals surface area contributed by atoms with Crippen LogP contribution in [0.5, 0.6) is 5.75 Å². The zero-order valence-corrected chi connectivity index (χ0v) is 12.4. The number of hydrogen-bond donors (Lipinski definition) is 2. The first kappa shape index (κ1) is 16.9. The molecule has 20 heavy (non-hydrogen) atoms. The van der Waals surface area contributed by atoms with E-state index >= 15 is 0 Å². The second-order valence-corrected chi connectivity index (χ2v) is 5.36. The van der Waals surface area contributed by atoms with Gasteiger partial charge in [0.1, 0.15) is 5.75 Å². The lowest BCUT2D eigenvalue weighted by atomic mass is 10.0. The third-order valence-corrected chi connectivity index (χ3v) is 3.25. The molecular weight excluding hydrogens is 264 g/mol. The monoisotopic (exact) mass is 287 g/mol. The molecule has 2 N–H and O–H groups in total. The van der Waals surface area contributed by atoms with Crippen LogP contribution in [-0.4, -0.2) is 24.4 Å². The summed E-state index contributed by atoms with van der Waals surface area (Å²) in [6.07, 6.45) is -0.471. The lowest BCUT2D eigenvalue weighted by Crippen LogP contribution is -2.32. The van der Waals surface area contributed by atoms with E-state index in [1.807, 2.05) is 33.8 Å². The van der Waals surface area contributed by atoms with E-state index in [1.165, 1.54) is 0 Å². The summed E-state index contributed by atoms with van der Waals surface area (Å²) < 4.78 is 29.3. The normalized spacial score (nSPS) is 14.7. The van der Waals surface area contributed by atoms with Gasteiger partial charge in [-0.2, -0.15) is 8.78 Å². The highest BCUT2D eigenvalue weighted by Crippen LogP contribution is 2.27. The van der Waals surface area contributed by atoms with Crippen LogP contribution < -0.4 is 10.1 Å². The van der Waals surface area contributed by atoms with Crippen LogP contribution in [0.15, 0.2) is 18.2 Å². The molecule has 0 amide bonds. The summed E-state index contributed by atoms with van der Waals surface area (Å²) in [5, 5.41) is 12.9. The van der Waals surface area contributed by atoms with Gasteiger partial charge in [0, 0.05) is 18.2 Å². The molecule has 0 saturated carbocycles. The maximum atomic E-state index is 12.4. The molecule has 0 saturated heterocycles. The van der Waals surface area contributed by atoms with Crippen LogP contribution in [0, 0.1) is 12.8 Å². The van der Waals surface area contributed by atoms with Gasteiger partial charge in [-0.25, -0.2) is 0 Å². The van der Waals surface area contributed by atoms with Crippen LogP contribution >= 0.6 is 0 Å². The van der Waals surface area contributed by atoms with E-state index < -0.39 is 12.7 Å². The first-order valence-electron chi connectivity index (χ1n) is 6.78. The summed E-state index contributed by atoms with van der Waals surface area (Å²) >= 11 is 0. The van der Waals surface area contributed by atoms with Crippen molar-refractivity contribution in [3.05, 3.63) is 29.3 Å². The van der Waals surface area contributed by atoms with Gasteiger partial charge < -0.3 is 15.2 Å². The molecule has 0 bridgehead atoms. The molecule has 0 aliphatic carbocycles. The van der Waals surface area contributed by atoms with E-state index in [1.54, 1.807) is 12.1 Å². The first-order valence-corrected chi connectivity index (χ1v) is 6.78. The molecule has 0 aliphatic rings. The molecule has 1 aromatic rings. The molecular formula is C15H23F2NO2. The second-order valence-electron chi connectivity index (χ2n) is 5.36. The predicted molar refractivity (Wildman–Crippen MR) is 75.1 cm³/mol. The van der Waals surface area contributed by atoms with E-state index in [0.717, 1.165) is 5.56 Å². The second kappa shape index (κ2) is 7.55. The summed E-state index contributed by atoms with van der Waals surface area (Å²) in [5.41, 5.74) is 1.64. The number of aliphatic hydroxyl groups is 1. The molecule has 0 heterocycles. The van der Waals surface area contributed by atoms with Crippen LogP contribution in [0.3, 0.4) is 0 Å². The zero-order valence-electron chi connectivity index (χ0n) is 12.4. The smallest absolute Gasteiger partial charge is 0.387 e. The molecule has 3 nitrogen and oxygen atoms in total. The summed E-state index contributed by atoms with van der Waals surface area (Å²) in [4.78, 5) is 0. The molecule has 0 radical (unpaired) electrons. The molecule has 0 aromatic heterocycles. The van der Waals surface area contributed by atoms with Gasteiger partial charge in [-0.3, -0.25) is 0 Å². The van der Waals surface area contributed by atoms with Gasteiger partial charge in [-0.05, 0) is 25.8 Å². The third kappa shape index (κ3) is 5.06. The van der Waals surface area contributed by atoms with Crippen molar-refractivity contribution in [1.29, 1.82) is 0 Å². The highest BCUT2D eigenvalue weighted by atomic mass is 19.3. The Balaban J connectivity index is 2.79. The Bertz CT molecular complexity index is 424. The fourth-order valence-corrected chi connectivity index (χ4v) is 1.85. The Hall–Kier alpha value is -1.20. The number of aryl methyl sites for hydroxylation is 1. The van der Waals surface area contributed by atoms with Gasteiger partial charge in [0.15, 0.2) is 0 Å². The first-order chi connectivity index (χ1) is 9.31. The Morgan fingerprint density at radius 3 is 2.45 bits per heavy atom. The number of nitrogens with one attached hydrogen (secondary N) is 1. The SMILES string of the molecule is Cc1ccc(OC(F)F)c(C(C)NCC(O)C(C)C)c1. The number of aliphatic hydroxyl groups excluding tert-OH is 1. The number of rotatable bonds is 7. The quantitative estimate of drug-likeness (QED) is 0.809. The minimum Gasteiger partial charge on any atom is -0.434 e. The molecule has 0 aliphatic heterocycles. The van der Waals surface area contributed by atoms with Crippen LogP contribution in [0.25, 0.3) is 0 Å². The van der Waals surface area contributed by atoms with Crippen molar-refractivity contribution in [3.63, 3.8) is 0 Å². The van der Waals surface area contributed by atoms with Crippen LogP contribution in [0.1, 0.15) is 37.9 Å². The third-order valence-electron chi connectivity index (χ3n) is 3.25. The summed E-state index contributed by atoms with van der Waals surface area (Å²) in [6, 6.07) is 4.92. The maximum Gasteiger partial charge on any atom is 0.387 e. The number of alkyl halides is 2. The highest BCUT2D eigenvalue weighted by molar-refractivity contribution is 5.39. The van der Waals surface area contributed by atoms with Gasteiger partial charge in [0.2, 0.25) is 0 Å². The van der Waals surface area contributed by atoms with Gasteiger partial charge >= 0.3 is 6.61 Å². The Kier molecular flexibility index (Phi) is 6.36. The minimum absolute atomic E-state index is 0.143. The van der Waals surface area contributed by atoms with Crippen LogP contribution in [0.2, 0.25) is 0 Å². The molecule has 0 fully saturated rings. The van der Waals surface area contributed by atoms with Gasteiger partial charge in [-0.1, -0.05) is 31.5 Å². The van der Waals surface area contributed by atoms with E-state index in [2.05, 4.69) is 10.1 Å². The molecule has 114 valence electrons. The largest absolute Gasteiger partial charge is 0.434 e. The molecule has 5 heteroatoms. The van der Waals surface area contributed by atoms with Crippen molar-refractivity contribution in [2.24, 2.45) is 5.92 Å². The Morgan fingerprint density at radius 1 is 1.25 bits per heavy atom. The molecule has 0 spiro atoms. The Morgan fingerprint density at radius 2 is 1.90 bits per heavy atom. The molecule has 1 aromatic carbocycles. The summed E-state index contributed by atoms with van der Waals surface area (Å²) in [7, 11) is 0. The number of hydrogen-bond acceptors (Lipinski definition) is 3. The summed E-state index contributed by atoms with van der Waals surface area (Å²) in [5.74, 6) is 0.314. The minimum atomic E-state index is -2.84. The van der Waals surface area contributed by atoms with Gasteiger partial charge in [0.05, 0.1) is 6.10 Å². The Labute approximate surface area is 119 Å². The number of ether oxygens (including phenoxy) is 1. The van der Waals surface area contributed by atoms with E-state index in [0.29, 0.717) is 12.1 Å². The fraction of sp³-hybridized carbons (Fsp3) is 0.600. The average Bonchev–Trinajstić information content (AvgIpc) is 2.36. The predicted octanol–water partition coefficient (Wildman–Crippen LogP) is 3.26. The molecule has 2 unspecified atom stereocenters. The van der Waals surface area contributed by atoms with Crippen LogP contribution in [-0.2, 0) is 0 Å². The van der Waals surface area contributed by atoms with Crippen molar-refractivity contribution in [2.75, 3.05) is 6.54 Å². The number of benzene rings is 1. The van der Waals surface area contributed by atoms with Crippen molar-refractivity contribution in [1.82, 2.24) is 5.32 Å². The van der Waals surface area contributed by atoms with E-state index in [-0.39, 0.29) is 17.7 Å².